The van der Waals surface area contributed by atoms with Gasteiger partial charge >= 0.3 is 0 Å². The number of hydrogen-bond acceptors (Lipinski definition) is 1. The highest BCUT2D eigenvalue weighted by atomic mass is 16.2. The van der Waals surface area contributed by atoms with Gasteiger partial charge in [0.1, 0.15) is 0 Å². The predicted molar refractivity (Wildman–Crippen MR) is 70.2 cm³/mol. The van der Waals surface area contributed by atoms with Gasteiger partial charge in [-0.25, -0.2) is 0 Å². The molecule has 0 atom stereocenters. The lowest BCUT2D eigenvalue weighted by atomic mass is 10.3. The summed E-state index contributed by atoms with van der Waals surface area (Å²) in [6.45, 7) is 8.26. The maximum Gasteiger partial charge on any atom is 0.0431 e. The average Bonchev–Trinajstić information content (AvgIpc) is 3.11. The van der Waals surface area contributed by atoms with Crippen molar-refractivity contribution in [2.24, 2.45) is 0 Å². The van der Waals surface area contributed by atoms with Crippen LogP contribution in [0.25, 0.3) is 0 Å². The standard InChI is InChI=1S/C6H12.C5H12O.C3H6/c1-3-5-6-4-2;1-2-3-4-5-6;1-2-3-1/h3H,1,4-6H2,2H3;6H,2-5H2,1H3;1-3H2. The van der Waals surface area contributed by atoms with Crippen LogP contribution >= 0.6 is 0 Å². The monoisotopic (exact) mass is 214 g/mol. The van der Waals surface area contributed by atoms with Gasteiger partial charge in [0.25, 0.3) is 0 Å². The second kappa shape index (κ2) is 19.3. The lowest BCUT2D eigenvalue weighted by Crippen LogP contribution is -1.78. The number of rotatable bonds is 6. The van der Waals surface area contributed by atoms with Crippen LogP contribution in [0.5, 0.6) is 0 Å². The molecule has 0 saturated heterocycles. The summed E-state index contributed by atoms with van der Waals surface area (Å²) in [5.74, 6) is 0. The van der Waals surface area contributed by atoms with Gasteiger partial charge in [-0.2, -0.15) is 0 Å². The van der Waals surface area contributed by atoms with Gasteiger partial charge in [0.15, 0.2) is 0 Å². The largest absolute Gasteiger partial charge is 0.396 e. The number of aliphatic hydroxyl groups is 1. The quantitative estimate of drug-likeness (QED) is 0.502. The van der Waals surface area contributed by atoms with Gasteiger partial charge in [0.05, 0.1) is 0 Å². The molecule has 0 amide bonds. The molecule has 1 saturated carbocycles. The van der Waals surface area contributed by atoms with E-state index in [1.807, 2.05) is 6.08 Å². The van der Waals surface area contributed by atoms with Gasteiger partial charge in [-0.05, 0) is 12.8 Å². The Morgan fingerprint density at radius 1 is 1.00 bits per heavy atom. The maximum atomic E-state index is 8.20. The second-order valence-corrected chi connectivity index (χ2v) is 3.92. The molecule has 0 aliphatic heterocycles. The number of aliphatic hydroxyl groups excluding tert-OH is 1. The van der Waals surface area contributed by atoms with E-state index < -0.39 is 0 Å². The number of unbranched alkanes of at least 4 members (excludes halogenated alkanes) is 4. The highest BCUT2D eigenvalue weighted by Crippen LogP contribution is 2.14. The summed E-state index contributed by atoms with van der Waals surface area (Å²) in [7, 11) is 0. The van der Waals surface area contributed by atoms with Gasteiger partial charge in [0, 0.05) is 6.61 Å². The smallest absolute Gasteiger partial charge is 0.0431 e. The van der Waals surface area contributed by atoms with Crippen molar-refractivity contribution in [3.8, 4) is 0 Å². The van der Waals surface area contributed by atoms with E-state index in [9.17, 15) is 0 Å². The van der Waals surface area contributed by atoms with Crippen molar-refractivity contribution in [1.29, 1.82) is 0 Å². The third-order valence-electron chi connectivity index (χ3n) is 1.88. The van der Waals surface area contributed by atoms with E-state index in [0.717, 1.165) is 12.8 Å². The summed E-state index contributed by atoms with van der Waals surface area (Å²) < 4.78 is 0. The zero-order valence-corrected chi connectivity index (χ0v) is 10.8. The summed E-state index contributed by atoms with van der Waals surface area (Å²) in [6, 6.07) is 0. The topological polar surface area (TPSA) is 20.2 Å². The van der Waals surface area contributed by atoms with Crippen LogP contribution in [0.3, 0.4) is 0 Å². The minimum Gasteiger partial charge on any atom is -0.396 e. The Bertz CT molecular complexity index is 90.8. The molecule has 0 bridgehead atoms. The van der Waals surface area contributed by atoms with E-state index in [0.29, 0.717) is 6.61 Å². The third-order valence-corrected chi connectivity index (χ3v) is 1.88. The Labute approximate surface area is 96.6 Å². The molecule has 0 aromatic rings. The SMILES string of the molecule is C1CC1.C=CCCCC.CCCCCO. The number of hydrogen-bond donors (Lipinski definition) is 1. The van der Waals surface area contributed by atoms with E-state index in [1.165, 1.54) is 44.9 Å². The van der Waals surface area contributed by atoms with Crippen molar-refractivity contribution in [3.05, 3.63) is 12.7 Å². The average molecular weight is 214 g/mol. The van der Waals surface area contributed by atoms with Crippen molar-refractivity contribution in [1.82, 2.24) is 0 Å². The minimum absolute atomic E-state index is 0.355. The van der Waals surface area contributed by atoms with Crippen molar-refractivity contribution in [3.63, 3.8) is 0 Å². The lowest BCUT2D eigenvalue weighted by molar-refractivity contribution is 0.284. The Hall–Kier alpha value is -0.300. The molecular formula is C14H30O. The van der Waals surface area contributed by atoms with Crippen LogP contribution in [0.4, 0.5) is 0 Å². The van der Waals surface area contributed by atoms with Crippen LogP contribution in [0.2, 0.25) is 0 Å². The summed E-state index contributed by atoms with van der Waals surface area (Å²) in [5, 5.41) is 8.20. The van der Waals surface area contributed by atoms with E-state index in [1.54, 1.807) is 0 Å². The first kappa shape index (κ1) is 17.1. The molecule has 1 fully saturated rings. The van der Waals surface area contributed by atoms with Crippen LogP contribution in [-0.4, -0.2) is 11.7 Å². The van der Waals surface area contributed by atoms with Gasteiger partial charge in [0.2, 0.25) is 0 Å². The summed E-state index contributed by atoms with van der Waals surface area (Å²) in [5.41, 5.74) is 0. The molecule has 1 rings (SSSR count). The molecule has 15 heavy (non-hydrogen) atoms. The van der Waals surface area contributed by atoms with Crippen molar-refractivity contribution in [2.45, 2.75) is 71.6 Å². The third kappa shape index (κ3) is 41.8. The molecule has 1 nitrogen and oxygen atoms in total. The molecule has 92 valence electrons. The van der Waals surface area contributed by atoms with Gasteiger partial charge in [-0.15, -0.1) is 6.58 Å². The first-order valence-corrected chi connectivity index (χ1v) is 6.55. The first-order chi connectivity index (χ1) is 7.33. The molecule has 0 heterocycles. The zero-order chi connectivity index (χ0) is 11.8. The van der Waals surface area contributed by atoms with Gasteiger partial charge in [-0.1, -0.05) is 64.9 Å². The first-order valence-electron chi connectivity index (χ1n) is 6.55. The zero-order valence-electron chi connectivity index (χ0n) is 10.8. The molecule has 0 radical (unpaired) electrons. The van der Waals surface area contributed by atoms with Crippen LogP contribution in [0.1, 0.15) is 71.6 Å². The van der Waals surface area contributed by atoms with E-state index in [-0.39, 0.29) is 0 Å². The normalized spacial score (nSPS) is 11.7. The fraction of sp³-hybridized carbons (Fsp3) is 0.857. The molecule has 1 aliphatic rings. The van der Waals surface area contributed by atoms with Crippen LogP contribution in [-0.2, 0) is 0 Å². The maximum absolute atomic E-state index is 8.20. The van der Waals surface area contributed by atoms with Crippen LogP contribution < -0.4 is 0 Å². The Kier molecular flexibility index (Phi) is 22.0. The Morgan fingerprint density at radius 3 is 1.67 bits per heavy atom. The molecule has 1 aliphatic carbocycles. The van der Waals surface area contributed by atoms with E-state index in [4.69, 9.17) is 5.11 Å². The molecular weight excluding hydrogens is 184 g/mol. The molecule has 1 heteroatoms. The highest BCUT2D eigenvalue weighted by molar-refractivity contribution is 4.64. The predicted octanol–water partition coefficient (Wildman–Crippen LogP) is 4.70. The van der Waals surface area contributed by atoms with Crippen LogP contribution in [0, 0.1) is 0 Å². The lowest BCUT2D eigenvalue weighted by Gasteiger charge is -1.85. The van der Waals surface area contributed by atoms with E-state index in [2.05, 4.69) is 20.4 Å². The molecule has 0 aromatic carbocycles. The van der Waals surface area contributed by atoms with Gasteiger partial charge < -0.3 is 5.11 Å². The van der Waals surface area contributed by atoms with Gasteiger partial charge in [-0.3, -0.25) is 0 Å². The number of allylic oxidation sites excluding steroid dienone is 1. The fourth-order valence-electron chi connectivity index (χ4n) is 0.710. The molecule has 0 aromatic heterocycles. The Morgan fingerprint density at radius 2 is 1.53 bits per heavy atom. The van der Waals surface area contributed by atoms with Crippen LogP contribution in [0.15, 0.2) is 12.7 Å². The Balaban J connectivity index is 0. The fourth-order valence-corrected chi connectivity index (χ4v) is 0.710. The molecule has 0 spiro atoms. The summed E-state index contributed by atoms with van der Waals surface area (Å²) >= 11 is 0. The molecule has 0 unspecified atom stereocenters. The summed E-state index contributed by atoms with van der Waals surface area (Å²) in [4.78, 5) is 0. The van der Waals surface area contributed by atoms with Crippen molar-refractivity contribution in [2.75, 3.05) is 6.61 Å². The second-order valence-electron chi connectivity index (χ2n) is 3.92. The minimum atomic E-state index is 0.355. The molecule has 1 N–H and O–H groups in total. The summed E-state index contributed by atoms with van der Waals surface area (Å²) in [6.07, 6.45) is 13.5. The highest BCUT2D eigenvalue weighted by Gasteiger charge is 1.95. The van der Waals surface area contributed by atoms with Crippen molar-refractivity contribution < 1.29 is 5.11 Å². The van der Waals surface area contributed by atoms with E-state index >= 15 is 0 Å². The van der Waals surface area contributed by atoms with Crippen molar-refractivity contribution >= 4 is 0 Å².